The zero-order valence-corrected chi connectivity index (χ0v) is 26.5. The van der Waals surface area contributed by atoms with Gasteiger partial charge in [0.2, 0.25) is 17.6 Å². The Morgan fingerprint density at radius 1 is 0.787 bits per heavy atom. The summed E-state index contributed by atoms with van der Waals surface area (Å²) < 4.78 is 73.5. The van der Waals surface area contributed by atoms with E-state index in [0.717, 1.165) is 4.90 Å². The van der Waals surface area contributed by atoms with Crippen molar-refractivity contribution in [1.82, 2.24) is 0 Å². The number of hydrogen-bond donors (Lipinski definition) is 1. The lowest BCUT2D eigenvalue weighted by atomic mass is 9.56. The first-order chi connectivity index (χ1) is 22.1. The molecule has 47 heavy (non-hydrogen) atoms. The highest BCUT2D eigenvalue weighted by Gasteiger charge is 2.77. The van der Waals surface area contributed by atoms with E-state index < -0.39 is 98.2 Å². The van der Waals surface area contributed by atoms with Crippen LogP contribution >= 0.6 is 39.1 Å². The first kappa shape index (κ1) is 31.8. The van der Waals surface area contributed by atoms with Gasteiger partial charge >= 0.3 is 0 Å². The molecule has 2 aliphatic heterocycles. The number of phenols is 1. The zero-order chi connectivity index (χ0) is 33.9. The van der Waals surface area contributed by atoms with E-state index in [1.54, 1.807) is 30.3 Å². The second-order valence-electron chi connectivity index (χ2n) is 11.8. The Morgan fingerprint density at radius 3 is 2.02 bits per heavy atom. The first-order valence-electron chi connectivity index (χ1n) is 14.1. The molecule has 4 amide bonds. The molecule has 0 radical (unpaired) electrons. The fourth-order valence-corrected chi connectivity index (χ4v) is 8.69. The van der Waals surface area contributed by atoms with Crippen LogP contribution in [0.15, 0.2) is 64.7 Å². The number of carbonyl (C=O) groups is 4. The Bertz CT molecular complexity index is 1970. The summed E-state index contributed by atoms with van der Waals surface area (Å²) in [4.78, 5) is 51.6. The van der Waals surface area contributed by atoms with Crippen molar-refractivity contribution >= 4 is 74.1 Å². The van der Waals surface area contributed by atoms with E-state index >= 15 is 8.78 Å². The second-order valence-corrected chi connectivity index (χ2v) is 13.9. The van der Waals surface area contributed by atoms with Crippen molar-refractivity contribution in [3.63, 3.8) is 0 Å². The Labute approximate surface area is 280 Å². The number of aromatic hydroxyl groups is 1. The molecular formula is C32H18BrCl2F5N2O5. The van der Waals surface area contributed by atoms with Gasteiger partial charge in [-0.05, 0) is 60.7 Å². The van der Waals surface area contributed by atoms with Crippen LogP contribution in [-0.4, -0.2) is 38.5 Å². The summed E-state index contributed by atoms with van der Waals surface area (Å²) in [6.45, 7) is 0. The molecule has 3 aromatic rings. The third kappa shape index (κ3) is 4.08. The van der Waals surface area contributed by atoms with Crippen molar-refractivity contribution in [3.8, 4) is 5.75 Å². The molecule has 1 N–H and O–H groups in total. The van der Waals surface area contributed by atoms with E-state index in [1.165, 1.54) is 24.3 Å². The molecule has 2 saturated heterocycles. The minimum absolute atomic E-state index is 0.00480. The number of benzene rings is 3. The van der Waals surface area contributed by atoms with Gasteiger partial charge in [0, 0.05) is 10.4 Å². The van der Waals surface area contributed by atoms with E-state index in [0.29, 0.717) is 4.47 Å². The van der Waals surface area contributed by atoms with Gasteiger partial charge in [-0.25, -0.2) is 26.9 Å². The molecule has 2 aliphatic carbocycles. The Morgan fingerprint density at radius 2 is 1.40 bits per heavy atom. The number of imide groups is 2. The van der Waals surface area contributed by atoms with Crippen LogP contribution in [0.25, 0.3) is 0 Å². The number of anilines is 2. The maximum absolute atomic E-state index is 15.1. The van der Waals surface area contributed by atoms with Crippen molar-refractivity contribution in [2.75, 3.05) is 9.80 Å². The van der Waals surface area contributed by atoms with Crippen LogP contribution in [-0.2, 0) is 19.2 Å². The molecule has 4 aliphatic rings. The predicted molar refractivity (Wildman–Crippen MR) is 161 cm³/mol. The minimum Gasteiger partial charge on any atom is -0.508 e. The lowest BCUT2D eigenvalue weighted by molar-refractivity contribution is -0.125. The van der Waals surface area contributed by atoms with Crippen molar-refractivity contribution in [3.05, 3.63) is 99.3 Å². The lowest BCUT2D eigenvalue weighted by Gasteiger charge is -2.50. The Hall–Kier alpha value is -3.81. The maximum atomic E-state index is 15.1. The third-order valence-electron chi connectivity index (χ3n) is 9.51. The van der Waals surface area contributed by atoms with Gasteiger partial charge in [0.15, 0.2) is 33.0 Å². The van der Waals surface area contributed by atoms with Gasteiger partial charge in [-0.2, -0.15) is 0 Å². The molecule has 0 spiro atoms. The summed E-state index contributed by atoms with van der Waals surface area (Å²) >= 11 is 17.4. The van der Waals surface area contributed by atoms with E-state index in [9.17, 15) is 37.5 Å². The van der Waals surface area contributed by atoms with E-state index in [2.05, 4.69) is 15.9 Å². The highest BCUT2D eigenvalue weighted by molar-refractivity contribution is 9.10. The van der Waals surface area contributed by atoms with Gasteiger partial charge in [-0.3, -0.25) is 24.1 Å². The number of alkyl halides is 2. The molecular weight excluding hydrogens is 738 g/mol. The molecule has 2 heterocycles. The summed E-state index contributed by atoms with van der Waals surface area (Å²) in [7, 11) is 0. The number of fused-ring (bicyclic) bond motifs is 4. The summed E-state index contributed by atoms with van der Waals surface area (Å²) in [6, 6.07) is 11.7. The predicted octanol–water partition coefficient (Wildman–Crippen LogP) is 6.62. The first-order valence-corrected chi connectivity index (χ1v) is 15.6. The van der Waals surface area contributed by atoms with Gasteiger partial charge in [0.25, 0.3) is 11.8 Å². The smallest absolute Gasteiger partial charge is 0.258 e. The quantitative estimate of drug-likeness (QED) is 0.0811. The number of allylic oxidation sites excluding steroid dienone is 2. The minimum atomic E-state index is -2.66. The molecule has 0 bridgehead atoms. The average Bonchev–Trinajstić information content (AvgIpc) is 3.38. The molecule has 7 rings (SSSR count). The van der Waals surface area contributed by atoms with E-state index in [1.807, 2.05) is 0 Å². The summed E-state index contributed by atoms with van der Waals surface area (Å²) in [5, 5.41) is 10.4. The topological polar surface area (TPSA) is 95.0 Å². The molecule has 3 fully saturated rings. The number of nitrogens with zero attached hydrogens (tertiary/aromatic N) is 2. The summed E-state index contributed by atoms with van der Waals surface area (Å²) in [6.07, 6.45) is 0.954. The lowest BCUT2D eigenvalue weighted by Crippen LogP contribution is -2.60. The molecule has 6 unspecified atom stereocenters. The van der Waals surface area contributed by atoms with Crippen LogP contribution in [0, 0.1) is 46.8 Å². The molecule has 1 saturated carbocycles. The monoisotopic (exact) mass is 754 g/mol. The van der Waals surface area contributed by atoms with Crippen LogP contribution in [0.2, 0.25) is 0 Å². The molecule has 6 atom stereocenters. The van der Waals surface area contributed by atoms with Crippen LogP contribution in [0.5, 0.6) is 5.75 Å². The Kier molecular flexibility index (Phi) is 7.16. The SMILES string of the molecule is O=C1C2CC=C3C(CC4(Cl)C(=O)N(c5c(F)c(F)c(F)c(F)c5F)C(=O)C4(Cl)C3c3cccc(O)c3)C2C(=O)N1c1ccc(Br)cc1. The third-order valence-corrected chi connectivity index (χ3v) is 11.5. The van der Waals surface area contributed by atoms with Crippen molar-refractivity contribution in [2.45, 2.75) is 28.5 Å². The van der Waals surface area contributed by atoms with Crippen LogP contribution in [0.1, 0.15) is 24.3 Å². The van der Waals surface area contributed by atoms with Gasteiger partial charge in [0.05, 0.1) is 17.5 Å². The summed E-state index contributed by atoms with van der Waals surface area (Å²) in [5.41, 5.74) is -1.20. The van der Waals surface area contributed by atoms with Gasteiger partial charge in [-0.15, -0.1) is 23.2 Å². The van der Waals surface area contributed by atoms with Gasteiger partial charge in [-0.1, -0.05) is 39.7 Å². The number of halogens is 8. The molecule has 3 aromatic carbocycles. The fraction of sp³-hybridized carbons (Fsp3) is 0.250. The fourth-order valence-electron chi connectivity index (χ4n) is 7.49. The van der Waals surface area contributed by atoms with Gasteiger partial charge in [0.1, 0.15) is 11.4 Å². The number of hydrogen-bond acceptors (Lipinski definition) is 5. The molecule has 0 aromatic heterocycles. The normalized spacial score (nSPS) is 30.0. The standard InChI is InChI=1S/C32H18BrCl2F5N2O5/c33-13-4-6-14(7-5-13)41-27(44)17-9-8-16-18(19(17)28(41)45)11-31(34)29(46)42(26-24(39)22(37)21(36)23(38)25(26)40)30(47)32(31,35)20(16)12-2-1-3-15(43)10-12/h1-8,10,17-20,43H,9,11H2. The van der Waals surface area contributed by atoms with Crippen LogP contribution < -0.4 is 9.80 Å². The van der Waals surface area contributed by atoms with E-state index in [4.69, 9.17) is 23.2 Å². The number of amides is 4. The highest BCUT2D eigenvalue weighted by atomic mass is 79.9. The zero-order valence-electron chi connectivity index (χ0n) is 23.4. The van der Waals surface area contributed by atoms with Crippen molar-refractivity contribution in [1.29, 1.82) is 0 Å². The Balaban J connectivity index is 1.42. The molecule has 15 heteroatoms. The van der Waals surface area contributed by atoms with E-state index in [-0.39, 0.29) is 33.9 Å². The molecule has 242 valence electrons. The van der Waals surface area contributed by atoms with Crippen molar-refractivity contribution < 1.29 is 46.2 Å². The molecule has 7 nitrogen and oxygen atoms in total. The van der Waals surface area contributed by atoms with Crippen molar-refractivity contribution in [2.24, 2.45) is 17.8 Å². The highest BCUT2D eigenvalue weighted by Crippen LogP contribution is 2.66. The summed E-state index contributed by atoms with van der Waals surface area (Å²) in [5.74, 6) is -21.5. The number of phenolic OH excluding ortho intramolecular Hbond substituents is 1. The number of rotatable bonds is 3. The van der Waals surface area contributed by atoms with Gasteiger partial charge < -0.3 is 5.11 Å². The largest absolute Gasteiger partial charge is 0.508 e. The average molecular weight is 756 g/mol. The van der Waals surface area contributed by atoms with Crippen LogP contribution in [0.3, 0.4) is 0 Å². The number of carbonyl (C=O) groups excluding carboxylic acids is 4. The maximum Gasteiger partial charge on any atom is 0.258 e. The van der Waals surface area contributed by atoms with Crippen LogP contribution in [0.4, 0.5) is 33.3 Å². The second kappa shape index (κ2) is 10.6.